The molecule has 3 heterocycles. The zero-order valence-electron chi connectivity index (χ0n) is 17.8. The molecule has 33 heavy (non-hydrogen) atoms. The van der Waals surface area contributed by atoms with Crippen LogP contribution in [-0.2, 0) is 11.2 Å². The number of hydrogen-bond acceptors (Lipinski definition) is 8. The van der Waals surface area contributed by atoms with Gasteiger partial charge in [0.2, 0.25) is 0 Å². The first kappa shape index (κ1) is 21.4. The van der Waals surface area contributed by atoms with Crippen molar-refractivity contribution in [2.24, 2.45) is 0 Å². The predicted octanol–water partition coefficient (Wildman–Crippen LogP) is 3.44. The van der Waals surface area contributed by atoms with E-state index in [1.807, 2.05) is 0 Å². The third-order valence-electron chi connectivity index (χ3n) is 5.64. The summed E-state index contributed by atoms with van der Waals surface area (Å²) in [5.74, 6) is 1.10. The molecular formula is C22H22ClN9O. The zero-order valence-corrected chi connectivity index (χ0v) is 18.6. The SMILES string of the molecule is [C-]#[N+]c1cnc2c(NC3CC3)nc(Nc3cc(C#N)cc(CCC4CNCCO4)c3Cl)nn12. The number of hydrogen-bond donors (Lipinski definition) is 3. The Morgan fingerprint density at radius 1 is 1.39 bits per heavy atom. The van der Waals surface area contributed by atoms with Gasteiger partial charge in [-0.1, -0.05) is 23.3 Å². The lowest BCUT2D eigenvalue weighted by Gasteiger charge is -2.23. The van der Waals surface area contributed by atoms with E-state index < -0.39 is 0 Å². The molecule has 168 valence electrons. The number of imidazole rings is 1. The Bertz CT molecular complexity index is 1270. The lowest BCUT2D eigenvalue weighted by atomic mass is 10.0. The van der Waals surface area contributed by atoms with Crippen LogP contribution in [0.5, 0.6) is 0 Å². The number of fused-ring (bicyclic) bond motifs is 1. The van der Waals surface area contributed by atoms with Crippen LogP contribution in [0.15, 0.2) is 18.3 Å². The number of rotatable bonds is 7. The lowest BCUT2D eigenvalue weighted by Crippen LogP contribution is -2.38. The molecule has 1 saturated heterocycles. The Morgan fingerprint density at radius 2 is 2.27 bits per heavy atom. The molecule has 1 saturated carbocycles. The van der Waals surface area contributed by atoms with Gasteiger partial charge in [0.05, 0.1) is 41.3 Å². The largest absolute Gasteiger partial charge is 0.376 e. The standard InChI is InChI=1S/C22H22ClN9O/c1-25-18-12-27-21-20(28-15-3-4-15)30-22(31-32(18)21)29-17-9-13(10-24)8-14(19(17)23)2-5-16-11-26-6-7-33-16/h8-9,12,15-16,26H,2-7,11H2,(H2,28,29,30,31). The van der Waals surface area contributed by atoms with Gasteiger partial charge in [-0.3, -0.25) is 0 Å². The van der Waals surface area contributed by atoms with Crippen LogP contribution in [0.3, 0.4) is 0 Å². The van der Waals surface area contributed by atoms with Gasteiger partial charge in [-0.05, 0) is 43.4 Å². The Balaban J connectivity index is 1.45. The number of nitriles is 1. The van der Waals surface area contributed by atoms with Gasteiger partial charge in [-0.15, -0.1) is 4.52 Å². The molecule has 0 bridgehead atoms. The summed E-state index contributed by atoms with van der Waals surface area (Å²) < 4.78 is 7.24. The van der Waals surface area contributed by atoms with Gasteiger partial charge in [-0.25, -0.2) is 4.98 Å². The molecule has 1 aliphatic carbocycles. The smallest absolute Gasteiger partial charge is 0.275 e. The van der Waals surface area contributed by atoms with E-state index in [4.69, 9.17) is 22.9 Å². The number of nitrogens with one attached hydrogen (secondary N) is 3. The molecule has 1 atom stereocenters. The Hall–Kier alpha value is -3.44. The second-order valence-corrected chi connectivity index (χ2v) is 8.51. The van der Waals surface area contributed by atoms with Crippen LogP contribution in [-0.4, -0.2) is 51.4 Å². The van der Waals surface area contributed by atoms with Crippen LogP contribution in [0.2, 0.25) is 5.02 Å². The minimum Gasteiger partial charge on any atom is -0.376 e. The van der Waals surface area contributed by atoms with Crippen LogP contribution in [0, 0.1) is 17.9 Å². The van der Waals surface area contributed by atoms with Crippen molar-refractivity contribution in [3.8, 4) is 6.07 Å². The number of nitrogens with zero attached hydrogens (tertiary/aromatic N) is 6. The lowest BCUT2D eigenvalue weighted by molar-refractivity contribution is 0.0238. The van der Waals surface area contributed by atoms with Crippen molar-refractivity contribution in [1.82, 2.24) is 24.9 Å². The first-order valence-electron chi connectivity index (χ1n) is 10.9. The summed E-state index contributed by atoms with van der Waals surface area (Å²) in [7, 11) is 0. The van der Waals surface area contributed by atoms with Gasteiger partial charge in [0.15, 0.2) is 5.82 Å². The molecule has 11 heteroatoms. The molecule has 2 fully saturated rings. The van der Waals surface area contributed by atoms with Crippen molar-refractivity contribution in [2.75, 3.05) is 30.3 Å². The number of aromatic nitrogens is 4. The van der Waals surface area contributed by atoms with Crippen molar-refractivity contribution < 1.29 is 4.74 Å². The summed E-state index contributed by atoms with van der Waals surface area (Å²) in [6.07, 6.45) is 5.19. The van der Waals surface area contributed by atoms with Gasteiger partial charge in [0.1, 0.15) is 0 Å². The number of benzene rings is 1. The normalized spacial score (nSPS) is 18.0. The van der Waals surface area contributed by atoms with Gasteiger partial charge >= 0.3 is 0 Å². The van der Waals surface area contributed by atoms with Crippen LogP contribution >= 0.6 is 11.6 Å². The van der Waals surface area contributed by atoms with Gasteiger partial charge in [0.25, 0.3) is 17.4 Å². The van der Waals surface area contributed by atoms with E-state index in [0.717, 1.165) is 37.9 Å². The average Bonchev–Trinajstić information content (AvgIpc) is 3.56. The van der Waals surface area contributed by atoms with E-state index in [2.05, 4.69) is 41.9 Å². The van der Waals surface area contributed by atoms with E-state index in [1.54, 1.807) is 12.1 Å². The molecule has 3 aromatic rings. The van der Waals surface area contributed by atoms with E-state index in [-0.39, 0.29) is 17.9 Å². The fourth-order valence-corrected chi connectivity index (χ4v) is 4.03. The highest BCUT2D eigenvalue weighted by Crippen LogP contribution is 2.32. The number of morpholine rings is 1. The molecular weight excluding hydrogens is 442 g/mol. The number of anilines is 3. The van der Waals surface area contributed by atoms with E-state index in [1.165, 1.54) is 10.7 Å². The molecule has 0 amide bonds. The molecule has 2 aromatic heterocycles. The molecule has 1 aromatic carbocycles. The molecule has 1 unspecified atom stereocenters. The molecule has 1 aliphatic heterocycles. The van der Waals surface area contributed by atoms with Crippen LogP contribution in [0.25, 0.3) is 10.5 Å². The number of ether oxygens (including phenoxy) is 1. The predicted molar refractivity (Wildman–Crippen MR) is 124 cm³/mol. The topological polar surface area (TPSA) is 117 Å². The summed E-state index contributed by atoms with van der Waals surface area (Å²) in [5.41, 5.74) is 2.38. The fraction of sp³-hybridized carbons (Fsp3) is 0.409. The summed E-state index contributed by atoms with van der Waals surface area (Å²) in [6, 6.07) is 6.03. The molecule has 10 nitrogen and oxygen atoms in total. The highest BCUT2D eigenvalue weighted by atomic mass is 35.5. The quantitative estimate of drug-likeness (QED) is 0.456. The summed E-state index contributed by atoms with van der Waals surface area (Å²) in [5, 5.41) is 24.3. The first-order valence-corrected chi connectivity index (χ1v) is 11.2. The highest BCUT2D eigenvalue weighted by Gasteiger charge is 2.25. The minimum atomic E-state index is 0.118. The van der Waals surface area contributed by atoms with Gasteiger partial charge in [0, 0.05) is 19.1 Å². The molecule has 2 aliphatic rings. The van der Waals surface area contributed by atoms with Crippen molar-refractivity contribution in [3.05, 3.63) is 45.9 Å². The Labute approximate surface area is 195 Å². The van der Waals surface area contributed by atoms with Crippen LogP contribution < -0.4 is 16.0 Å². The minimum absolute atomic E-state index is 0.118. The molecule has 0 spiro atoms. The van der Waals surface area contributed by atoms with Crippen LogP contribution in [0.1, 0.15) is 30.4 Å². The van der Waals surface area contributed by atoms with E-state index in [0.29, 0.717) is 46.8 Å². The maximum absolute atomic E-state index is 9.55. The monoisotopic (exact) mass is 463 g/mol. The number of aryl methyl sites for hydroxylation is 1. The van der Waals surface area contributed by atoms with Crippen molar-refractivity contribution >= 4 is 40.5 Å². The second kappa shape index (κ2) is 9.20. The summed E-state index contributed by atoms with van der Waals surface area (Å²) in [6.45, 7) is 9.76. The third-order valence-corrected chi connectivity index (χ3v) is 6.09. The van der Waals surface area contributed by atoms with Gasteiger partial charge in [-0.2, -0.15) is 10.2 Å². The van der Waals surface area contributed by atoms with Crippen LogP contribution in [0.4, 0.5) is 23.3 Å². The van der Waals surface area contributed by atoms with E-state index in [9.17, 15) is 5.26 Å². The van der Waals surface area contributed by atoms with Gasteiger partial charge < -0.3 is 25.5 Å². The third kappa shape index (κ3) is 4.69. The average molecular weight is 464 g/mol. The zero-order chi connectivity index (χ0) is 22.8. The first-order chi connectivity index (χ1) is 16.1. The molecule has 5 rings (SSSR count). The van der Waals surface area contributed by atoms with Crippen molar-refractivity contribution in [2.45, 2.75) is 37.8 Å². The summed E-state index contributed by atoms with van der Waals surface area (Å²) in [4.78, 5) is 12.4. The Morgan fingerprint density at radius 3 is 3.00 bits per heavy atom. The molecule has 3 N–H and O–H groups in total. The maximum atomic E-state index is 9.55. The van der Waals surface area contributed by atoms with E-state index >= 15 is 0 Å². The Kier molecular flexibility index (Phi) is 5.97. The number of halogens is 1. The second-order valence-electron chi connectivity index (χ2n) is 8.14. The summed E-state index contributed by atoms with van der Waals surface area (Å²) >= 11 is 6.73. The highest BCUT2D eigenvalue weighted by molar-refractivity contribution is 6.34. The van der Waals surface area contributed by atoms with Crippen molar-refractivity contribution in [1.29, 1.82) is 5.26 Å². The fourth-order valence-electron chi connectivity index (χ4n) is 3.78. The maximum Gasteiger partial charge on any atom is 0.275 e. The molecule has 0 radical (unpaired) electrons. The van der Waals surface area contributed by atoms with Crippen molar-refractivity contribution in [3.63, 3.8) is 0 Å².